The Hall–Kier alpha value is -3.02. The largest absolute Gasteiger partial charge is 0.483 e. The number of aryl methyl sites for hydroxylation is 3. The molecule has 6 nitrogen and oxygen atoms in total. The molecule has 0 bridgehead atoms. The zero-order chi connectivity index (χ0) is 23.9. The van der Waals surface area contributed by atoms with Crippen molar-refractivity contribution in [3.8, 4) is 11.5 Å². The molecule has 2 rings (SSSR count). The average Bonchev–Trinajstić information content (AvgIpc) is 2.72. The zero-order valence-corrected chi connectivity index (χ0v) is 20.3. The van der Waals surface area contributed by atoms with Crippen LogP contribution in [0.5, 0.6) is 11.5 Å². The summed E-state index contributed by atoms with van der Waals surface area (Å²) in [4.78, 5) is 24.2. The quantitative estimate of drug-likeness (QED) is 0.580. The second kappa shape index (κ2) is 11.0. The van der Waals surface area contributed by atoms with E-state index in [1.165, 1.54) is 0 Å². The fourth-order valence-electron chi connectivity index (χ4n) is 3.29. The third kappa shape index (κ3) is 7.29. The monoisotopic (exact) mass is 440 g/mol. The molecular weight excluding hydrogens is 404 g/mol. The summed E-state index contributed by atoms with van der Waals surface area (Å²) in [7, 11) is 0. The maximum atomic E-state index is 12.1. The van der Waals surface area contributed by atoms with Crippen LogP contribution in [0, 0.1) is 27.7 Å². The summed E-state index contributed by atoms with van der Waals surface area (Å²) in [5.74, 6) is 0.994. The summed E-state index contributed by atoms with van der Waals surface area (Å²) in [6.45, 7) is 14.8. The van der Waals surface area contributed by atoms with Gasteiger partial charge in [-0.3, -0.25) is 9.59 Å². The van der Waals surface area contributed by atoms with Crippen LogP contribution in [0.2, 0.25) is 0 Å². The van der Waals surface area contributed by atoms with E-state index < -0.39 is 0 Å². The van der Waals surface area contributed by atoms with Crippen LogP contribution in [0.25, 0.3) is 0 Å². The van der Waals surface area contributed by atoms with Crippen LogP contribution in [-0.4, -0.2) is 38.1 Å². The molecule has 0 aliphatic heterocycles. The molecule has 0 radical (unpaired) electrons. The predicted molar refractivity (Wildman–Crippen MR) is 128 cm³/mol. The molecule has 2 N–H and O–H groups in total. The molecule has 6 heteroatoms. The van der Waals surface area contributed by atoms with Crippen molar-refractivity contribution < 1.29 is 19.1 Å². The fraction of sp³-hybridized carbons (Fsp3) is 0.462. The van der Waals surface area contributed by atoms with Gasteiger partial charge in [0, 0.05) is 13.1 Å². The minimum atomic E-state index is -0.234. The summed E-state index contributed by atoms with van der Waals surface area (Å²) >= 11 is 0. The number of hydrogen-bond acceptors (Lipinski definition) is 4. The van der Waals surface area contributed by atoms with Gasteiger partial charge in [-0.1, -0.05) is 50.6 Å². The van der Waals surface area contributed by atoms with Gasteiger partial charge in [-0.15, -0.1) is 0 Å². The molecule has 0 atom stereocenters. The molecule has 0 heterocycles. The highest BCUT2D eigenvalue weighted by Crippen LogP contribution is 2.32. The van der Waals surface area contributed by atoms with Crippen molar-refractivity contribution in [1.29, 1.82) is 0 Å². The van der Waals surface area contributed by atoms with E-state index in [1.807, 2.05) is 52.0 Å². The van der Waals surface area contributed by atoms with E-state index in [1.54, 1.807) is 0 Å². The lowest BCUT2D eigenvalue weighted by atomic mass is 9.85. The molecule has 0 unspecified atom stereocenters. The van der Waals surface area contributed by atoms with Crippen molar-refractivity contribution in [2.24, 2.45) is 0 Å². The molecule has 174 valence electrons. The smallest absolute Gasteiger partial charge is 0.258 e. The molecule has 0 fully saturated rings. The lowest BCUT2D eigenvalue weighted by Gasteiger charge is -2.23. The first-order valence-corrected chi connectivity index (χ1v) is 11.0. The van der Waals surface area contributed by atoms with Gasteiger partial charge in [0.15, 0.2) is 13.2 Å². The maximum absolute atomic E-state index is 12.1. The van der Waals surface area contributed by atoms with E-state index in [9.17, 15) is 9.59 Å². The summed E-state index contributed by atoms with van der Waals surface area (Å²) in [5.41, 5.74) is 5.29. The summed E-state index contributed by atoms with van der Waals surface area (Å²) < 4.78 is 11.5. The summed E-state index contributed by atoms with van der Waals surface area (Å²) in [5, 5.41) is 5.51. The second-order valence-corrected chi connectivity index (χ2v) is 9.18. The third-order valence-electron chi connectivity index (χ3n) is 5.29. The van der Waals surface area contributed by atoms with Crippen LogP contribution in [0.1, 0.15) is 48.6 Å². The Kier molecular flexibility index (Phi) is 8.70. The highest BCUT2D eigenvalue weighted by atomic mass is 16.5. The van der Waals surface area contributed by atoms with Crippen molar-refractivity contribution >= 4 is 11.8 Å². The van der Waals surface area contributed by atoms with Gasteiger partial charge < -0.3 is 20.1 Å². The van der Waals surface area contributed by atoms with Crippen molar-refractivity contribution in [3.63, 3.8) is 0 Å². The first-order valence-electron chi connectivity index (χ1n) is 11.0. The van der Waals surface area contributed by atoms with Crippen molar-refractivity contribution in [1.82, 2.24) is 10.6 Å². The highest BCUT2D eigenvalue weighted by Gasteiger charge is 2.19. The molecule has 0 aliphatic carbocycles. The Morgan fingerprint density at radius 3 is 1.97 bits per heavy atom. The molecule has 0 saturated carbocycles. The average molecular weight is 441 g/mol. The van der Waals surface area contributed by atoms with Crippen LogP contribution in [0.4, 0.5) is 0 Å². The Morgan fingerprint density at radius 1 is 0.812 bits per heavy atom. The van der Waals surface area contributed by atoms with Gasteiger partial charge >= 0.3 is 0 Å². The Morgan fingerprint density at radius 2 is 1.38 bits per heavy atom. The molecule has 0 spiro atoms. The molecule has 0 aliphatic rings. The van der Waals surface area contributed by atoms with Crippen LogP contribution in [-0.2, 0) is 15.0 Å². The number of benzene rings is 2. The molecule has 2 amide bonds. The number of amides is 2. The fourth-order valence-corrected chi connectivity index (χ4v) is 3.29. The van der Waals surface area contributed by atoms with E-state index in [0.717, 1.165) is 33.6 Å². The maximum Gasteiger partial charge on any atom is 0.258 e. The van der Waals surface area contributed by atoms with Crippen molar-refractivity contribution in [2.75, 3.05) is 26.3 Å². The molecular formula is C26H36N2O4. The second-order valence-electron chi connectivity index (χ2n) is 9.18. The molecule has 0 aromatic heterocycles. The molecule has 2 aromatic carbocycles. The van der Waals surface area contributed by atoms with E-state index in [0.29, 0.717) is 18.8 Å². The van der Waals surface area contributed by atoms with Crippen molar-refractivity contribution in [3.05, 3.63) is 58.1 Å². The number of ether oxygens (including phenoxy) is 2. The Labute approximate surface area is 191 Å². The van der Waals surface area contributed by atoms with Gasteiger partial charge in [0.1, 0.15) is 11.5 Å². The van der Waals surface area contributed by atoms with E-state index in [-0.39, 0.29) is 30.4 Å². The SMILES string of the molecule is Cc1ccc(OCC(=O)NCCNC(=O)COc2c(C)ccc(C)c2C)c(C(C)(C)C)c1. The molecule has 2 aromatic rings. The topological polar surface area (TPSA) is 76.7 Å². The Bertz CT molecular complexity index is 961. The lowest BCUT2D eigenvalue weighted by Crippen LogP contribution is -2.38. The number of hydrogen-bond donors (Lipinski definition) is 2. The first-order chi connectivity index (χ1) is 15.0. The van der Waals surface area contributed by atoms with Gasteiger partial charge in [0.2, 0.25) is 0 Å². The van der Waals surface area contributed by atoms with Crippen molar-refractivity contribution in [2.45, 2.75) is 53.9 Å². The van der Waals surface area contributed by atoms with E-state index >= 15 is 0 Å². The van der Waals surface area contributed by atoms with E-state index in [2.05, 4.69) is 37.5 Å². The normalized spacial score (nSPS) is 11.1. The third-order valence-corrected chi connectivity index (χ3v) is 5.29. The van der Waals surface area contributed by atoms with Crippen LogP contribution in [0.3, 0.4) is 0 Å². The van der Waals surface area contributed by atoms with Gasteiger partial charge in [-0.2, -0.15) is 0 Å². The standard InChI is InChI=1S/C26H36N2O4/c1-17-8-11-22(21(14-17)26(5,6)7)31-15-23(29)27-12-13-28-24(30)16-32-25-19(3)10-9-18(2)20(25)4/h8-11,14H,12-13,15-16H2,1-7H3,(H,27,29)(H,28,30). The van der Waals surface area contributed by atoms with Gasteiger partial charge in [-0.05, 0) is 61.4 Å². The number of carbonyl (C=O) groups excluding carboxylic acids is 2. The van der Waals surface area contributed by atoms with Gasteiger partial charge in [-0.25, -0.2) is 0 Å². The Balaban J connectivity index is 1.72. The van der Waals surface area contributed by atoms with Gasteiger partial charge in [0.05, 0.1) is 0 Å². The zero-order valence-electron chi connectivity index (χ0n) is 20.3. The predicted octanol–water partition coefficient (Wildman–Crippen LogP) is 3.91. The number of nitrogens with one attached hydrogen (secondary N) is 2. The number of carbonyl (C=O) groups is 2. The summed E-state index contributed by atoms with van der Waals surface area (Å²) in [6.07, 6.45) is 0. The van der Waals surface area contributed by atoms with Crippen LogP contribution >= 0.6 is 0 Å². The van der Waals surface area contributed by atoms with Crippen LogP contribution in [0.15, 0.2) is 30.3 Å². The minimum absolute atomic E-state index is 0.0643. The highest BCUT2D eigenvalue weighted by molar-refractivity contribution is 5.78. The first kappa shape index (κ1) is 25.2. The van der Waals surface area contributed by atoms with Crippen LogP contribution < -0.4 is 20.1 Å². The lowest BCUT2D eigenvalue weighted by molar-refractivity contribution is -0.124. The molecule has 0 saturated heterocycles. The van der Waals surface area contributed by atoms with E-state index in [4.69, 9.17) is 9.47 Å². The summed E-state index contributed by atoms with van der Waals surface area (Å²) in [6, 6.07) is 9.98. The van der Waals surface area contributed by atoms with Gasteiger partial charge in [0.25, 0.3) is 11.8 Å². The molecule has 32 heavy (non-hydrogen) atoms. The number of rotatable bonds is 9. The minimum Gasteiger partial charge on any atom is -0.483 e.